The van der Waals surface area contributed by atoms with Gasteiger partial charge in [0.05, 0.1) is 6.10 Å². The van der Waals surface area contributed by atoms with Crippen LogP contribution < -0.4 is 5.32 Å². The lowest BCUT2D eigenvalue weighted by molar-refractivity contribution is 0.00394. The number of rotatable bonds is 8. The molecule has 19 heavy (non-hydrogen) atoms. The molecule has 0 aromatic heterocycles. The molecule has 3 heteroatoms. The van der Waals surface area contributed by atoms with Crippen LogP contribution in [0.2, 0.25) is 0 Å². The molecule has 0 heterocycles. The zero-order valence-electron chi connectivity index (χ0n) is 12.4. The molecule has 1 aromatic rings. The smallest absolute Gasteiger partial charge is 0.123 e. The van der Waals surface area contributed by atoms with Gasteiger partial charge < -0.3 is 10.1 Å². The Hall–Kier alpha value is -0.930. The highest BCUT2D eigenvalue weighted by Gasteiger charge is 2.24. The second kappa shape index (κ2) is 8.28. The first-order chi connectivity index (χ1) is 9.08. The summed E-state index contributed by atoms with van der Waals surface area (Å²) in [6.07, 6.45) is 0.933. The first-order valence-electron chi connectivity index (χ1n) is 7.17. The van der Waals surface area contributed by atoms with Crippen LogP contribution in [0.25, 0.3) is 0 Å². The molecule has 0 aliphatic heterocycles. The van der Waals surface area contributed by atoms with Crippen LogP contribution in [-0.2, 0) is 11.2 Å². The van der Waals surface area contributed by atoms with Crippen LogP contribution in [0.15, 0.2) is 24.3 Å². The molecule has 2 nitrogen and oxygen atoms in total. The van der Waals surface area contributed by atoms with Crippen molar-refractivity contribution in [3.63, 3.8) is 0 Å². The van der Waals surface area contributed by atoms with Crippen molar-refractivity contribution in [2.24, 2.45) is 5.92 Å². The maximum Gasteiger partial charge on any atom is 0.123 e. The molecular formula is C16H26FNO. The van der Waals surface area contributed by atoms with Crippen molar-refractivity contribution in [3.8, 4) is 0 Å². The Morgan fingerprint density at radius 3 is 2.53 bits per heavy atom. The van der Waals surface area contributed by atoms with E-state index in [0.29, 0.717) is 12.5 Å². The van der Waals surface area contributed by atoms with Gasteiger partial charge in [-0.05, 0) is 43.5 Å². The minimum absolute atomic E-state index is 0.146. The van der Waals surface area contributed by atoms with Crippen LogP contribution in [0.1, 0.15) is 33.3 Å². The number of hydrogen-bond donors (Lipinski definition) is 1. The average Bonchev–Trinajstić information content (AvgIpc) is 2.35. The van der Waals surface area contributed by atoms with E-state index in [4.69, 9.17) is 4.74 Å². The van der Waals surface area contributed by atoms with Crippen molar-refractivity contribution in [2.75, 3.05) is 13.2 Å². The molecule has 0 spiro atoms. The molecule has 0 fully saturated rings. The van der Waals surface area contributed by atoms with E-state index in [9.17, 15) is 4.39 Å². The largest absolute Gasteiger partial charge is 0.377 e. The van der Waals surface area contributed by atoms with Crippen molar-refractivity contribution >= 4 is 0 Å². The van der Waals surface area contributed by atoms with Crippen LogP contribution in [-0.4, -0.2) is 25.3 Å². The van der Waals surface area contributed by atoms with E-state index < -0.39 is 0 Å². The van der Waals surface area contributed by atoms with Crippen molar-refractivity contribution in [1.82, 2.24) is 5.32 Å². The number of likely N-dealkylation sites (N-methyl/N-ethyl adjacent to an activating group) is 1. The number of halogens is 1. The Bertz CT molecular complexity index is 368. The van der Waals surface area contributed by atoms with E-state index in [1.807, 2.05) is 13.0 Å². The first-order valence-corrected chi connectivity index (χ1v) is 7.17. The summed E-state index contributed by atoms with van der Waals surface area (Å²) in [5, 5.41) is 3.47. The molecule has 0 saturated carbocycles. The minimum Gasteiger partial charge on any atom is -0.377 e. The van der Waals surface area contributed by atoms with Crippen molar-refractivity contribution in [2.45, 2.75) is 46.3 Å². The fraction of sp³-hybridized carbons (Fsp3) is 0.625. The summed E-state index contributed by atoms with van der Waals surface area (Å²) in [6.45, 7) is 10.0. The van der Waals surface area contributed by atoms with Gasteiger partial charge in [0.2, 0.25) is 0 Å². The lowest BCUT2D eigenvalue weighted by Crippen LogP contribution is -2.45. The third kappa shape index (κ3) is 5.29. The standard InChI is InChI=1S/C16H26FNO/c1-5-18-15(16(12(3)4)19-6-2)11-13-8-7-9-14(17)10-13/h7-10,12,15-16,18H,5-6,11H2,1-4H3. The lowest BCUT2D eigenvalue weighted by Gasteiger charge is -2.30. The zero-order chi connectivity index (χ0) is 14.3. The van der Waals surface area contributed by atoms with Gasteiger partial charge in [0, 0.05) is 12.6 Å². The van der Waals surface area contributed by atoms with E-state index in [1.54, 1.807) is 12.1 Å². The molecule has 0 amide bonds. The van der Waals surface area contributed by atoms with E-state index in [1.165, 1.54) is 6.07 Å². The molecule has 1 rings (SSSR count). The fourth-order valence-electron chi connectivity index (χ4n) is 2.45. The molecule has 2 unspecified atom stereocenters. The maximum absolute atomic E-state index is 13.3. The molecule has 0 radical (unpaired) electrons. The number of nitrogens with one attached hydrogen (secondary N) is 1. The summed E-state index contributed by atoms with van der Waals surface area (Å²) < 4.78 is 19.1. The van der Waals surface area contributed by atoms with Gasteiger partial charge in [-0.15, -0.1) is 0 Å². The highest BCUT2D eigenvalue weighted by atomic mass is 19.1. The van der Waals surface area contributed by atoms with Gasteiger partial charge in [0.15, 0.2) is 0 Å². The molecule has 2 atom stereocenters. The first kappa shape index (κ1) is 16.1. The van der Waals surface area contributed by atoms with Crippen molar-refractivity contribution in [3.05, 3.63) is 35.6 Å². The Kier molecular flexibility index (Phi) is 7.03. The Morgan fingerprint density at radius 2 is 2.00 bits per heavy atom. The van der Waals surface area contributed by atoms with E-state index in [-0.39, 0.29) is 18.0 Å². The van der Waals surface area contributed by atoms with E-state index in [2.05, 4.69) is 26.1 Å². The fourth-order valence-corrected chi connectivity index (χ4v) is 2.45. The Morgan fingerprint density at radius 1 is 1.26 bits per heavy atom. The molecular weight excluding hydrogens is 241 g/mol. The predicted molar refractivity (Wildman–Crippen MR) is 77.8 cm³/mol. The summed E-state index contributed by atoms with van der Waals surface area (Å²) in [6, 6.07) is 7.03. The highest BCUT2D eigenvalue weighted by Crippen LogP contribution is 2.16. The topological polar surface area (TPSA) is 21.3 Å². The molecule has 108 valence electrons. The number of ether oxygens (including phenoxy) is 1. The van der Waals surface area contributed by atoms with Gasteiger partial charge in [0.25, 0.3) is 0 Å². The van der Waals surface area contributed by atoms with Gasteiger partial charge >= 0.3 is 0 Å². The quantitative estimate of drug-likeness (QED) is 0.779. The van der Waals surface area contributed by atoms with Gasteiger partial charge in [-0.2, -0.15) is 0 Å². The molecule has 0 aliphatic carbocycles. The van der Waals surface area contributed by atoms with Crippen molar-refractivity contribution in [1.29, 1.82) is 0 Å². The van der Waals surface area contributed by atoms with E-state index in [0.717, 1.165) is 18.5 Å². The van der Waals surface area contributed by atoms with Gasteiger partial charge in [0.1, 0.15) is 5.82 Å². The lowest BCUT2D eigenvalue weighted by atomic mass is 9.93. The van der Waals surface area contributed by atoms with E-state index >= 15 is 0 Å². The van der Waals surface area contributed by atoms with Gasteiger partial charge in [-0.1, -0.05) is 32.9 Å². The maximum atomic E-state index is 13.3. The molecule has 1 N–H and O–H groups in total. The van der Waals surface area contributed by atoms with Gasteiger partial charge in [-0.3, -0.25) is 0 Å². The molecule has 0 aliphatic rings. The van der Waals surface area contributed by atoms with Gasteiger partial charge in [-0.25, -0.2) is 4.39 Å². The number of benzene rings is 1. The van der Waals surface area contributed by atoms with Crippen LogP contribution in [0.5, 0.6) is 0 Å². The second-order valence-electron chi connectivity index (χ2n) is 5.16. The zero-order valence-corrected chi connectivity index (χ0v) is 12.4. The summed E-state index contributed by atoms with van der Waals surface area (Å²) in [5.41, 5.74) is 1.01. The second-order valence-corrected chi connectivity index (χ2v) is 5.16. The van der Waals surface area contributed by atoms with Crippen LogP contribution >= 0.6 is 0 Å². The van der Waals surface area contributed by atoms with Crippen molar-refractivity contribution < 1.29 is 9.13 Å². The average molecular weight is 267 g/mol. The minimum atomic E-state index is -0.176. The van der Waals surface area contributed by atoms with Crippen LogP contribution in [0.3, 0.4) is 0 Å². The van der Waals surface area contributed by atoms with Crippen LogP contribution in [0, 0.1) is 11.7 Å². The Balaban J connectivity index is 2.80. The summed E-state index contributed by atoms with van der Waals surface area (Å²) in [7, 11) is 0. The third-order valence-electron chi connectivity index (χ3n) is 3.22. The summed E-state index contributed by atoms with van der Waals surface area (Å²) >= 11 is 0. The highest BCUT2D eigenvalue weighted by molar-refractivity contribution is 5.18. The SMILES string of the molecule is CCNC(Cc1cccc(F)c1)C(OCC)C(C)C. The number of hydrogen-bond acceptors (Lipinski definition) is 2. The molecule has 0 bridgehead atoms. The summed E-state index contributed by atoms with van der Waals surface area (Å²) in [4.78, 5) is 0. The summed E-state index contributed by atoms with van der Waals surface area (Å²) in [5.74, 6) is 0.253. The molecule has 0 saturated heterocycles. The molecule has 1 aromatic carbocycles. The third-order valence-corrected chi connectivity index (χ3v) is 3.22. The Labute approximate surface area is 116 Å². The monoisotopic (exact) mass is 267 g/mol. The van der Waals surface area contributed by atoms with Crippen LogP contribution in [0.4, 0.5) is 4.39 Å². The predicted octanol–water partition coefficient (Wildman–Crippen LogP) is 3.41. The normalized spacial score (nSPS) is 14.6.